The highest BCUT2D eigenvalue weighted by Crippen LogP contribution is 2.19. The summed E-state index contributed by atoms with van der Waals surface area (Å²) < 4.78 is 4.56. The molecule has 0 saturated carbocycles. The lowest BCUT2D eigenvalue weighted by molar-refractivity contribution is 0.0172. The first-order chi connectivity index (χ1) is 8.10. The Balaban J connectivity index is 2.76. The second-order valence-electron chi connectivity index (χ2n) is 3.64. The maximum Gasteiger partial charge on any atom is 0.337 e. The van der Waals surface area contributed by atoms with Crippen molar-refractivity contribution < 1.29 is 19.7 Å². The van der Waals surface area contributed by atoms with Gasteiger partial charge < -0.3 is 14.9 Å². The number of benzene rings is 1. The molecule has 1 rings (SSSR count). The van der Waals surface area contributed by atoms with Crippen LogP contribution in [0, 0.1) is 0 Å². The van der Waals surface area contributed by atoms with Crippen LogP contribution in [0.3, 0.4) is 0 Å². The van der Waals surface area contributed by atoms with Gasteiger partial charge in [-0.3, -0.25) is 0 Å². The van der Waals surface area contributed by atoms with Crippen molar-refractivity contribution in [2.24, 2.45) is 0 Å². The molecule has 2 atom stereocenters. The molecule has 94 valence electrons. The summed E-state index contributed by atoms with van der Waals surface area (Å²) in [6, 6.07) is 6.30. The highest BCUT2D eigenvalue weighted by atomic mass is 32.1. The molecule has 5 heteroatoms. The van der Waals surface area contributed by atoms with E-state index in [-0.39, 0.29) is 0 Å². The zero-order valence-corrected chi connectivity index (χ0v) is 10.4. The van der Waals surface area contributed by atoms with Gasteiger partial charge >= 0.3 is 5.97 Å². The standard InChI is InChI=1S/C12H16O4S/c1-16-12(15)9-4-2-8(3-5-9)11(14)10(13)6-7-17/h2-5,10-11,13-14,17H,6-7H2,1H3. The first kappa shape index (κ1) is 14.0. The highest BCUT2D eigenvalue weighted by molar-refractivity contribution is 7.80. The Kier molecular flexibility index (Phi) is 5.47. The number of thiol groups is 1. The van der Waals surface area contributed by atoms with Gasteiger partial charge in [0, 0.05) is 0 Å². The topological polar surface area (TPSA) is 66.8 Å². The third-order valence-electron chi connectivity index (χ3n) is 2.46. The van der Waals surface area contributed by atoms with E-state index in [1.807, 2.05) is 0 Å². The maximum atomic E-state index is 11.2. The van der Waals surface area contributed by atoms with Gasteiger partial charge in [0.15, 0.2) is 0 Å². The van der Waals surface area contributed by atoms with Crippen molar-refractivity contribution in [3.63, 3.8) is 0 Å². The molecule has 0 bridgehead atoms. The summed E-state index contributed by atoms with van der Waals surface area (Å²) in [5.41, 5.74) is 0.971. The smallest absolute Gasteiger partial charge is 0.337 e. The van der Waals surface area contributed by atoms with Crippen LogP contribution >= 0.6 is 12.6 Å². The first-order valence-corrected chi connectivity index (χ1v) is 5.88. The molecule has 1 aromatic carbocycles. The van der Waals surface area contributed by atoms with Crippen LogP contribution in [-0.4, -0.2) is 35.1 Å². The zero-order valence-electron chi connectivity index (χ0n) is 9.54. The van der Waals surface area contributed by atoms with Gasteiger partial charge in [-0.1, -0.05) is 12.1 Å². The summed E-state index contributed by atoms with van der Waals surface area (Å²) in [6.45, 7) is 0. The molecule has 0 amide bonds. The van der Waals surface area contributed by atoms with Gasteiger partial charge in [-0.05, 0) is 29.9 Å². The number of esters is 1. The molecule has 0 aliphatic rings. The predicted molar refractivity (Wildman–Crippen MR) is 67.2 cm³/mol. The fourth-order valence-corrected chi connectivity index (χ4v) is 1.71. The molecular weight excluding hydrogens is 240 g/mol. The van der Waals surface area contributed by atoms with Crippen molar-refractivity contribution in [3.8, 4) is 0 Å². The molecule has 1 aromatic rings. The SMILES string of the molecule is COC(=O)c1ccc(C(O)C(O)CCS)cc1. The number of methoxy groups -OCH3 is 1. The lowest BCUT2D eigenvalue weighted by atomic mass is 10.0. The van der Waals surface area contributed by atoms with Crippen LogP contribution in [0.1, 0.15) is 28.4 Å². The van der Waals surface area contributed by atoms with E-state index in [0.29, 0.717) is 23.3 Å². The molecule has 2 unspecified atom stereocenters. The van der Waals surface area contributed by atoms with Crippen molar-refractivity contribution in [3.05, 3.63) is 35.4 Å². The van der Waals surface area contributed by atoms with E-state index >= 15 is 0 Å². The van der Waals surface area contributed by atoms with Crippen molar-refractivity contribution >= 4 is 18.6 Å². The van der Waals surface area contributed by atoms with Crippen molar-refractivity contribution in [2.75, 3.05) is 12.9 Å². The molecular formula is C12H16O4S. The maximum absolute atomic E-state index is 11.2. The van der Waals surface area contributed by atoms with Crippen LogP contribution in [0.2, 0.25) is 0 Å². The largest absolute Gasteiger partial charge is 0.465 e. The van der Waals surface area contributed by atoms with Crippen LogP contribution in [0.5, 0.6) is 0 Å². The fourth-order valence-electron chi connectivity index (χ4n) is 1.45. The van der Waals surface area contributed by atoms with Gasteiger partial charge in [-0.15, -0.1) is 0 Å². The second kappa shape index (κ2) is 6.64. The normalized spacial score (nSPS) is 14.1. The van der Waals surface area contributed by atoms with Gasteiger partial charge in [-0.25, -0.2) is 4.79 Å². The Hall–Kier alpha value is -1.04. The van der Waals surface area contributed by atoms with E-state index in [9.17, 15) is 15.0 Å². The number of hydrogen-bond donors (Lipinski definition) is 3. The zero-order chi connectivity index (χ0) is 12.8. The van der Waals surface area contributed by atoms with Crippen LogP contribution in [0.4, 0.5) is 0 Å². The number of aliphatic hydroxyl groups excluding tert-OH is 2. The minimum atomic E-state index is -0.964. The number of rotatable bonds is 5. The molecule has 0 aliphatic carbocycles. The third kappa shape index (κ3) is 3.73. The number of carbonyl (C=O) groups is 1. The van der Waals surface area contributed by atoms with Crippen LogP contribution < -0.4 is 0 Å². The summed E-state index contributed by atoms with van der Waals surface area (Å²) in [5, 5.41) is 19.4. The Morgan fingerprint density at radius 1 is 1.35 bits per heavy atom. The Bertz CT molecular complexity index is 363. The average Bonchev–Trinajstić information content (AvgIpc) is 2.37. The summed E-state index contributed by atoms with van der Waals surface area (Å²) >= 11 is 3.99. The van der Waals surface area contributed by atoms with Gasteiger partial charge in [0.1, 0.15) is 6.10 Å². The highest BCUT2D eigenvalue weighted by Gasteiger charge is 2.17. The Labute approximate surface area is 106 Å². The lowest BCUT2D eigenvalue weighted by Gasteiger charge is -2.17. The fraction of sp³-hybridized carbons (Fsp3) is 0.417. The number of hydrogen-bond acceptors (Lipinski definition) is 5. The lowest BCUT2D eigenvalue weighted by Crippen LogP contribution is -2.18. The number of aliphatic hydroxyl groups is 2. The van der Waals surface area contributed by atoms with Crippen LogP contribution in [0.25, 0.3) is 0 Å². The molecule has 0 aliphatic heterocycles. The van der Waals surface area contributed by atoms with Gasteiger partial charge in [0.25, 0.3) is 0 Å². The molecule has 17 heavy (non-hydrogen) atoms. The van der Waals surface area contributed by atoms with Gasteiger partial charge in [0.05, 0.1) is 18.8 Å². The second-order valence-corrected chi connectivity index (χ2v) is 4.09. The number of ether oxygens (including phenoxy) is 1. The molecule has 0 radical (unpaired) electrons. The summed E-state index contributed by atoms with van der Waals surface area (Å²) in [5.74, 6) is 0.0697. The van der Waals surface area contributed by atoms with E-state index in [1.54, 1.807) is 24.3 Å². The average molecular weight is 256 g/mol. The van der Waals surface area contributed by atoms with E-state index in [2.05, 4.69) is 17.4 Å². The molecule has 0 aromatic heterocycles. The van der Waals surface area contributed by atoms with Gasteiger partial charge in [-0.2, -0.15) is 12.6 Å². The first-order valence-electron chi connectivity index (χ1n) is 5.25. The minimum absolute atomic E-state index is 0.406. The summed E-state index contributed by atoms with van der Waals surface area (Å²) in [7, 11) is 1.31. The van der Waals surface area contributed by atoms with Crippen LogP contribution in [0.15, 0.2) is 24.3 Å². The van der Waals surface area contributed by atoms with E-state index < -0.39 is 18.2 Å². The summed E-state index contributed by atoms with van der Waals surface area (Å²) in [4.78, 5) is 11.2. The molecule has 0 saturated heterocycles. The van der Waals surface area contributed by atoms with E-state index in [4.69, 9.17) is 0 Å². The Morgan fingerprint density at radius 3 is 2.41 bits per heavy atom. The van der Waals surface area contributed by atoms with Crippen molar-refractivity contribution in [2.45, 2.75) is 18.6 Å². The monoisotopic (exact) mass is 256 g/mol. The van der Waals surface area contributed by atoms with Crippen molar-refractivity contribution in [1.29, 1.82) is 0 Å². The van der Waals surface area contributed by atoms with Crippen LogP contribution in [-0.2, 0) is 4.74 Å². The van der Waals surface area contributed by atoms with Crippen molar-refractivity contribution in [1.82, 2.24) is 0 Å². The van der Waals surface area contributed by atoms with E-state index in [0.717, 1.165) is 0 Å². The third-order valence-corrected chi connectivity index (χ3v) is 2.72. The summed E-state index contributed by atoms with van der Waals surface area (Å²) in [6.07, 6.45) is -1.41. The molecule has 0 fully saturated rings. The number of carbonyl (C=O) groups excluding carboxylic acids is 1. The van der Waals surface area contributed by atoms with E-state index in [1.165, 1.54) is 7.11 Å². The molecule has 4 nitrogen and oxygen atoms in total. The minimum Gasteiger partial charge on any atom is -0.465 e. The molecule has 0 heterocycles. The Morgan fingerprint density at radius 2 is 1.94 bits per heavy atom. The predicted octanol–water partition coefficient (Wildman–Crippen LogP) is 1.19. The van der Waals surface area contributed by atoms with Gasteiger partial charge in [0.2, 0.25) is 0 Å². The molecule has 2 N–H and O–H groups in total. The molecule has 0 spiro atoms. The quantitative estimate of drug-likeness (QED) is 0.547.